The molecule has 0 atom stereocenters. The summed E-state index contributed by atoms with van der Waals surface area (Å²) < 4.78 is 0. The summed E-state index contributed by atoms with van der Waals surface area (Å²) in [7, 11) is 0. The predicted molar refractivity (Wildman–Crippen MR) is 76.1 cm³/mol. The Labute approximate surface area is 113 Å². The number of nitrogens with one attached hydrogen (secondary N) is 2. The maximum atomic E-state index is 9.47. The molecular formula is C15H21N3O. The molecule has 1 saturated carbocycles. The normalized spacial score (nSPS) is 23.8. The van der Waals surface area contributed by atoms with Crippen LogP contribution < -0.4 is 5.32 Å². The molecule has 1 heterocycles. The lowest BCUT2D eigenvalue weighted by Gasteiger charge is -2.26. The number of aromatic nitrogens is 2. The maximum absolute atomic E-state index is 9.47. The summed E-state index contributed by atoms with van der Waals surface area (Å²) in [6, 6.07) is 6.97. The third kappa shape index (κ3) is 3.14. The number of benzene rings is 1. The van der Waals surface area contributed by atoms with E-state index in [1.807, 2.05) is 0 Å². The van der Waals surface area contributed by atoms with E-state index < -0.39 is 0 Å². The first-order valence-electron chi connectivity index (χ1n) is 7.15. The molecule has 1 aliphatic rings. The second-order valence-electron chi connectivity index (χ2n) is 5.46. The van der Waals surface area contributed by atoms with Crippen LogP contribution in [0.3, 0.4) is 0 Å². The molecule has 3 rings (SSSR count). The highest BCUT2D eigenvalue weighted by Crippen LogP contribution is 2.18. The molecule has 3 N–H and O–H groups in total. The Bertz CT molecular complexity index is 529. The molecule has 1 aromatic heterocycles. The summed E-state index contributed by atoms with van der Waals surface area (Å²) in [5, 5.41) is 13.1. The average molecular weight is 259 g/mol. The monoisotopic (exact) mass is 259 g/mol. The van der Waals surface area contributed by atoms with Crippen LogP contribution in [0.4, 0.5) is 0 Å². The van der Waals surface area contributed by atoms with Crippen molar-refractivity contribution >= 4 is 11.0 Å². The van der Waals surface area contributed by atoms with E-state index in [4.69, 9.17) is 0 Å². The van der Waals surface area contributed by atoms with Crippen LogP contribution in [0.1, 0.15) is 31.2 Å². The third-order valence-electron chi connectivity index (χ3n) is 4.03. The molecule has 0 spiro atoms. The van der Waals surface area contributed by atoms with E-state index in [1.165, 1.54) is 5.56 Å². The van der Waals surface area contributed by atoms with E-state index in [9.17, 15) is 5.11 Å². The molecule has 4 nitrogen and oxygen atoms in total. The van der Waals surface area contributed by atoms with Gasteiger partial charge < -0.3 is 15.4 Å². The van der Waals surface area contributed by atoms with Crippen molar-refractivity contribution in [3.63, 3.8) is 0 Å². The molecule has 0 amide bonds. The molecule has 102 valence electrons. The average Bonchev–Trinajstić information content (AvgIpc) is 2.88. The van der Waals surface area contributed by atoms with Gasteiger partial charge in [0.1, 0.15) is 0 Å². The molecule has 4 heteroatoms. The molecule has 1 aliphatic carbocycles. The van der Waals surface area contributed by atoms with Gasteiger partial charge in [-0.1, -0.05) is 6.07 Å². The molecular weight excluding hydrogens is 238 g/mol. The first-order valence-corrected chi connectivity index (χ1v) is 7.15. The Morgan fingerprint density at radius 2 is 2.11 bits per heavy atom. The lowest BCUT2D eigenvalue weighted by Crippen LogP contribution is -2.35. The van der Waals surface area contributed by atoms with Crippen molar-refractivity contribution in [2.45, 2.75) is 44.2 Å². The fourth-order valence-electron chi connectivity index (χ4n) is 2.84. The number of hydrogen-bond donors (Lipinski definition) is 3. The fourth-order valence-corrected chi connectivity index (χ4v) is 2.84. The van der Waals surface area contributed by atoms with Gasteiger partial charge in [0, 0.05) is 6.04 Å². The van der Waals surface area contributed by atoms with Crippen molar-refractivity contribution < 1.29 is 5.11 Å². The van der Waals surface area contributed by atoms with Gasteiger partial charge in [-0.2, -0.15) is 0 Å². The van der Waals surface area contributed by atoms with Gasteiger partial charge in [0.2, 0.25) is 0 Å². The highest BCUT2D eigenvalue weighted by atomic mass is 16.3. The lowest BCUT2D eigenvalue weighted by atomic mass is 9.93. The summed E-state index contributed by atoms with van der Waals surface area (Å²) in [5.74, 6) is 0. The summed E-state index contributed by atoms with van der Waals surface area (Å²) in [6.07, 6.45) is 6.78. The highest BCUT2D eigenvalue weighted by molar-refractivity contribution is 5.75. The van der Waals surface area contributed by atoms with Crippen molar-refractivity contribution in [3.05, 3.63) is 30.1 Å². The van der Waals surface area contributed by atoms with Crippen LogP contribution in [0.15, 0.2) is 24.5 Å². The van der Waals surface area contributed by atoms with E-state index in [0.29, 0.717) is 6.04 Å². The smallest absolute Gasteiger partial charge is 0.0931 e. The third-order valence-corrected chi connectivity index (χ3v) is 4.03. The van der Waals surface area contributed by atoms with E-state index >= 15 is 0 Å². The van der Waals surface area contributed by atoms with E-state index in [2.05, 4.69) is 33.5 Å². The van der Waals surface area contributed by atoms with Crippen LogP contribution in [0.5, 0.6) is 0 Å². The van der Waals surface area contributed by atoms with Crippen molar-refractivity contribution in [2.24, 2.45) is 0 Å². The van der Waals surface area contributed by atoms with E-state index in [1.54, 1.807) is 6.33 Å². The quantitative estimate of drug-likeness (QED) is 0.787. The molecule has 0 saturated heterocycles. The van der Waals surface area contributed by atoms with Gasteiger partial charge in [0.05, 0.1) is 23.5 Å². The van der Waals surface area contributed by atoms with Crippen LogP contribution >= 0.6 is 0 Å². The van der Waals surface area contributed by atoms with E-state index in [-0.39, 0.29) is 6.10 Å². The Morgan fingerprint density at radius 3 is 2.95 bits per heavy atom. The topological polar surface area (TPSA) is 60.9 Å². The Hall–Kier alpha value is -1.39. The number of imidazole rings is 1. The minimum Gasteiger partial charge on any atom is -0.393 e. The van der Waals surface area contributed by atoms with Crippen molar-refractivity contribution in [1.29, 1.82) is 0 Å². The SMILES string of the molecule is OC1CCC(NCCc2ccc3nc[nH]c3c2)CC1. The first-order chi connectivity index (χ1) is 9.31. The number of hydrogen-bond acceptors (Lipinski definition) is 3. The van der Waals surface area contributed by atoms with Crippen LogP contribution in [0.2, 0.25) is 0 Å². The molecule has 1 aromatic carbocycles. The van der Waals surface area contributed by atoms with Gasteiger partial charge in [-0.3, -0.25) is 0 Å². The largest absolute Gasteiger partial charge is 0.393 e. The Morgan fingerprint density at radius 1 is 1.26 bits per heavy atom. The lowest BCUT2D eigenvalue weighted by molar-refractivity contribution is 0.117. The highest BCUT2D eigenvalue weighted by Gasteiger charge is 2.18. The van der Waals surface area contributed by atoms with Crippen LogP contribution in [-0.4, -0.2) is 33.8 Å². The van der Waals surface area contributed by atoms with Crippen molar-refractivity contribution in [1.82, 2.24) is 15.3 Å². The maximum Gasteiger partial charge on any atom is 0.0931 e. The van der Waals surface area contributed by atoms with E-state index in [0.717, 1.165) is 49.7 Å². The zero-order chi connectivity index (χ0) is 13.1. The fraction of sp³-hybridized carbons (Fsp3) is 0.533. The minimum atomic E-state index is -0.0687. The van der Waals surface area contributed by atoms with Gasteiger partial charge in [0.15, 0.2) is 0 Å². The molecule has 0 unspecified atom stereocenters. The molecule has 1 fully saturated rings. The zero-order valence-corrected chi connectivity index (χ0v) is 11.1. The summed E-state index contributed by atoms with van der Waals surface area (Å²) in [5.41, 5.74) is 3.47. The van der Waals surface area contributed by atoms with Crippen molar-refractivity contribution in [3.8, 4) is 0 Å². The second-order valence-corrected chi connectivity index (χ2v) is 5.46. The summed E-state index contributed by atoms with van der Waals surface area (Å²) in [6.45, 7) is 1.00. The summed E-state index contributed by atoms with van der Waals surface area (Å²) in [4.78, 5) is 7.37. The number of aromatic amines is 1. The first kappa shape index (κ1) is 12.6. The van der Waals surface area contributed by atoms with Gasteiger partial charge in [-0.25, -0.2) is 4.98 Å². The van der Waals surface area contributed by atoms with Gasteiger partial charge in [-0.15, -0.1) is 0 Å². The summed E-state index contributed by atoms with van der Waals surface area (Å²) >= 11 is 0. The van der Waals surface area contributed by atoms with Gasteiger partial charge in [-0.05, 0) is 56.3 Å². The molecule has 0 aliphatic heterocycles. The second kappa shape index (κ2) is 5.72. The number of fused-ring (bicyclic) bond motifs is 1. The molecule has 19 heavy (non-hydrogen) atoms. The zero-order valence-electron chi connectivity index (χ0n) is 11.1. The minimum absolute atomic E-state index is 0.0687. The predicted octanol–water partition coefficient (Wildman–Crippen LogP) is 2.00. The number of aliphatic hydroxyl groups excluding tert-OH is 1. The Balaban J connectivity index is 1.49. The Kier molecular flexibility index (Phi) is 3.80. The van der Waals surface area contributed by atoms with Crippen LogP contribution in [0, 0.1) is 0 Å². The number of rotatable bonds is 4. The van der Waals surface area contributed by atoms with Crippen molar-refractivity contribution in [2.75, 3.05) is 6.54 Å². The van der Waals surface area contributed by atoms with Gasteiger partial charge >= 0.3 is 0 Å². The number of aliphatic hydroxyl groups is 1. The number of H-pyrrole nitrogens is 1. The standard InChI is InChI=1S/C15H21N3O/c19-13-4-2-12(3-5-13)16-8-7-11-1-6-14-15(9-11)18-10-17-14/h1,6,9-10,12-13,16,19H,2-5,7-8H2,(H,17,18). The molecule has 2 aromatic rings. The number of nitrogens with zero attached hydrogens (tertiary/aromatic N) is 1. The van der Waals surface area contributed by atoms with Gasteiger partial charge in [0.25, 0.3) is 0 Å². The molecule has 0 bridgehead atoms. The molecule has 0 radical (unpaired) electrons. The van der Waals surface area contributed by atoms with Crippen LogP contribution in [-0.2, 0) is 6.42 Å². The van der Waals surface area contributed by atoms with Crippen LogP contribution in [0.25, 0.3) is 11.0 Å².